The number of hydrogen-bond donors (Lipinski definition) is 1. The number of benzene rings is 2. The lowest BCUT2D eigenvalue weighted by Gasteiger charge is -2.06. The van der Waals surface area contributed by atoms with Gasteiger partial charge in [0, 0.05) is 12.1 Å². The lowest BCUT2D eigenvalue weighted by molar-refractivity contribution is 0.414. The van der Waals surface area contributed by atoms with E-state index in [1.54, 1.807) is 30.1 Å². The van der Waals surface area contributed by atoms with Crippen molar-refractivity contribution in [2.45, 2.75) is 6.54 Å². The van der Waals surface area contributed by atoms with Gasteiger partial charge in [0.15, 0.2) is 11.2 Å². The zero-order valence-corrected chi connectivity index (χ0v) is 13.9. The van der Waals surface area contributed by atoms with Crippen molar-refractivity contribution >= 4 is 11.2 Å². The molecule has 0 saturated heterocycles. The van der Waals surface area contributed by atoms with Gasteiger partial charge in [0.2, 0.25) is 0 Å². The summed E-state index contributed by atoms with van der Waals surface area (Å²) in [7, 11) is 1.61. The summed E-state index contributed by atoms with van der Waals surface area (Å²) in [5, 5.41) is 0. The van der Waals surface area contributed by atoms with Crippen molar-refractivity contribution in [2.75, 3.05) is 7.11 Å². The molecule has 0 bridgehead atoms. The second-order valence-electron chi connectivity index (χ2n) is 5.82. The fourth-order valence-electron chi connectivity index (χ4n) is 2.82. The molecular formula is C19H15FN4O2. The highest BCUT2D eigenvalue weighted by molar-refractivity contribution is 5.72. The average molecular weight is 350 g/mol. The Morgan fingerprint density at radius 3 is 2.77 bits per heavy atom. The Morgan fingerprint density at radius 2 is 2.00 bits per heavy atom. The van der Waals surface area contributed by atoms with Crippen LogP contribution in [0.1, 0.15) is 5.56 Å². The molecule has 0 radical (unpaired) electrons. The van der Waals surface area contributed by atoms with Gasteiger partial charge in [-0.15, -0.1) is 0 Å². The molecule has 0 saturated carbocycles. The van der Waals surface area contributed by atoms with Crippen LogP contribution < -0.4 is 10.3 Å². The van der Waals surface area contributed by atoms with Gasteiger partial charge in [0.05, 0.1) is 13.4 Å². The molecule has 2 aromatic heterocycles. The van der Waals surface area contributed by atoms with Crippen LogP contribution in [0.5, 0.6) is 5.75 Å². The van der Waals surface area contributed by atoms with E-state index in [4.69, 9.17) is 4.74 Å². The van der Waals surface area contributed by atoms with E-state index in [0.717, 1.165) is 11.3 Å². The molecule has 0 amide bonds. The van der Waals surface area contributed by atoms with Crippen LogP contribution in [0.4, 0.5) is 4.39 Å². The first-order valence-electron chi connectivity index (χ1n) is 7.98. The third-order valence-corrected chi connectivity index (χ3v) is 4.09. The van der Waals surface area contributed by atoms with Gasteiger partial charge in [-0.05, 0) is 42.0 Å². The molecule has 0 spiro atoms. The normalized spacial score (nSPS) is 11.0. The number of ether oxygens (including phenoxy) is 1. The van der Waals surface area contributed by atoms with Gasteiger partial charge in [-0.3, -0.25) is 4.79 Å². The van der Waals surface area contributed by atoms with E-state index in [-0.39, 0.29) is 11.4 Å². The first-order valence-corrected chi connectivity index (χ1v) is 7.98. The number of aromatic nitrogens is 4. The Labute approximate surface area is 147 Å². The highest BCUT2D eigenvalue weighted by Crippen LogP contribution is 2.18. The van der Waals surface area contributed by atoms with Crippen LogP contribution in [0, 0.1) is 5.82 Å². The minimum absolute atomic E-state index is 0.297. The van der Waals surface area contributed by atoms with E-state index in [9.17, 15) is 9.18 Å². The Morgan fingerprint density at radius 1 is 1.19 bits per heavy atom. The Kier molecular flexibility index (Phi) is 3.96. The number of imidazole rings is 1. The number of H-pyrrole nitrogens is 1. The maximum absolute atomic E-state index is 13.1. The topological polar surface area (TPSA) is 72.8 Å². The van der Waals surface area contributed by atoms with Gasteiger partial charge in [-0.1, -0.05) is 12.1 Å². The van der Waals surface area contributed by atoms with Gasteiger partial charge < -0.3 is 14.3 Å². The lowest BCUT2D eigenvalue weighted by Crippen LogP contribution is -2.13. The predicted molar refractivity (Wildman–Crippen MR) is 95.6 cm³/mol. The molecule has 7 heteroatoms. The molecule has 0 aliphatic rings. The van der Waals surface area contributed by atoms with Crippen LogP contribution in [0.2, 0.25) is 0 Å². The monoisotopic (exact) mass is 350 g/mol. The maximum Gasteiger partial charge on any atom is 0.277 e. The van der Waals surface area contributed by atoms with Crippen molar-refractivity contribution in [3.63, 3.8) is 0 Å². The van der Waals surface area contributed by atoms with E-state index in [1.807, 2.05) is 24.3 Å². The van der Waals surface area contributed by atoms with Gasteiger partial charge in [0.25, 0.3) is 5.56 Å². The van der Waals surface area contributed by atoms with Crippen molar-refractivity contribution in [3.05, 3.63) is 76.6 Å². The van der Waals surface area contributed by atoms with Crippen LogP contribution in [0.25, 0.3) is 22.6 Å². The number of halogens is 1. The number of methoxy groups -OCH3 is 1. The molecule has 0 atom stereocenters. The number of aromatic amines is 1. The summed E-state index contributed by atoms with van der Waals surface area (Å²) in [6.45, 7) is 0.467. The fraction of sp³-hybridized carbons (Fsp3) is 0.105. The van der Waals surface area contributed by atoms with Crippen LogP contribution in [-0.2, 0) is 6.54 Å². The molecule has 130 valence electrons. The zero-order valence-electron chi connectivity index (χ0n) is 13.9. The summed E-state index contributed by atoms with van der Waals surface area (Å²) in [4.78, 5) is 24.0. The number of hydrogen-bond acceptors (Lipinski definition) is 4. The summed E-state index contributed by atoms with van der Waals surface area (Å²) in [5.41, 5.74) is 2.03. The molecule has 2 aromatic carbocycles. The Hall–Kier alpha value is -3.48. The second kappa shape index (κ2) is 6.44. The van der Waals surface area contributed by atoms with E-state index >= 15 is 0 Å². The Balaban J connectivity index is 1.74. The van der Waals surface area contributed by atoms with Crippen molar-refractivity contribution < 1.29 is 9.13 Å². The quantitative estimate of drug-likeness (QED) is 0.614. The number of nitrogens with zero attached hydrogens (tertiary/aromatic N) is 3. The van der Waals surface area contributed by atoms with Gasteiger partial charge in [-0.2, -0.15) is 0 Å². The fourth-order valence-corrected chi connectivity index (χ4v) is 2.82. The largest absolute Gasteiger partial charge is 0.497 e. The second-order valence-corrected chi connectivity index (χ2v) is 5.82. The summed E-state index contributed by atoms with van der Waals surface area (Å²) in [5.74, 6) is 0.756. The number of fused-ring (bicyclic) bond motifs is 1. The molecule has 0 aliphatic carbocycles. The zero-order chi connectivity index (χ0) is 18.1. The summed E-state index contributed by atoms with van der Waals surface area (Å²) >= 11 is 0. The minimum Gasteiger partial charge on any atom is -0.497 e. The minimum atomic E-state index is -0.347. The summed E-state index contributed by atoms with van der Waals surface area (Å²) in [6, 6.07) is 13.4. The molecule has 0 aliphatic heterocycles. The third kappa shape index (κ3) is 2.95. The average Bonchev–Trinajstić information content (AvgIpc) is 3.06. The van der Waals surface area contributed by atoms with Crippen LogP contribution in [-0.4, -0.2) is 26.6 Å². The molecule has 6 nitrogen and oxygen atoms in total. The molecule has 0 fully saturated rings. The van der Waals surface area contributed by atoms with E-state index in [1.165, 1.54) is 12.1 Å². The molecular weight excluding hydrogens is 335 g/mol. The molecule has 4 rings (SSSR count). The third-order valence-electron chi connectivity index (χ3n) is 4.09. The first-order chi connectivity index (χ1) is 12.6. The van der Waals surface area contributed by atoms with Gasteiger partial charge >= 0.3 is 0 Å². The molecule has 4 aromatic rings. The highest BCUT2D eigenvalue weighted by atomic mass is 19.1. The van der Waals surface area contributed by atoms with E-state index < -0.39 is 0 Å². The lowest BCUT2D eigenvalue weighted by atomic mass is 10.2. The van der Waals surface area contributed by atoms with E-state index in [2.05, 4.69) is 15.0 Å². The standard InChI is InChI=1S/C19H15FN4O2/c1-26-15-4-2-3-12(9-15)10-24-11-21-18-16(24)19(25)23-17(22-18)13-5-7-14(20)8-6-13/h2-9,11H,10H2,1H3,(H,22,23,25). The SMILES string of the molecule is COc1cccc(Cn2cnc3nc(-c4ccc(F)cc4)[nH]c(=O)c32)c1. The molecule has 2 heterocycles. The maximum atomic E-state index is 13.1. The molecule has 1 N–H and O–H groups in total. The van der Waals surface area contributed by atoms with E-state index in [0.29, 0.717) is 29.1 Å². The molecule has 26 heavy (non-hydrogen) atoms. The highest BCUT2D eigenvalue weighted by Gasteiger charge is 2.12. The van der Waals surface area contributed by atoms with Gasteiger partial charge in [0.1, 0.15) is 17.4 Å². The van der Waals surface area contributed by atoms with Crippen molar-refractivity contribution in [3.8, 4) is 17.1 Å². The Bertz CT molecular complexity index is 1130. The smallest absolute Gasteiger partial charge is 0.277 e. The van der Waals surface area contributed by atoms with Crippen molar-refractivity contribution in [2.24, 2.45) is 0 Å². The van der Waals surface area contributed by atoms with Gasteiger partial charge in [-0.25, -0.2) is 14.4 Å². The molecule has 0 unspecified atom stereocenters. The summed E-state index contributed by atoms with van der Waals surface area (Å²) in [6.07, 6.45) is 1.58. The number of rotatable bonds is 4. The van der Waals surface area contributed by atoms with Crippen LogP contribution in [0.3, 0.4) is 0 Å². The van der Waals surface area contributed by atoms with Crippen LogP contribution in [0.15, 0.2) is 59.7 Å². The van der Waals surface area contributed by atoms with Crippen molar-refractivity contribution in [1.29, 1.82) is 0 Å². The van der Waals surface area contributed by atoms with Crippen molar-refractivity contribution in [1.82, 2.24) is 19.5 Å². The van der Waals surface area contributed by atoms with Crippen LogP contribution >= 0.6 is 0 Å². The first kappa shape index (κ1) is 16.0. The number of nitrogens with one attached hydrogen (secondary N) is 1. The predicted octanol–water partition coefficient (Wildman–Crippen LogP) is 2.98. The summed E-state index contributed by atoms with van der Waals surface area (Å²) < 4.78 is 20.0.